The lowest BCUT2D eigenvalue weighted by atomic mass is 10.00. The number of nitrogens with zero attached hydrogens (tertiary/aromatic N) is 2. The maximum absolute atomic E-state index is 13.2. The van der Waals surface area contributed by atoms with Gasteiger partial charge in [0.15, 0.2) is 11.6 Å². The van der Waals surface area contributed by atoms with Crippen molar-refractivity contribution in [2.45, 2.75) is 46.1 Å². The Bertz CT molecular complexity index is 881. The summed E-state index contributed by atoms with van der Waals surface area (Å²) in [6.45, 7) is 7.93. The Balaban J connectivity index is 1.95. The third-order valence-corrected chi connectivity index (χ3v) is 4.78. The number of anilines is 2. The van der Waals surface area contributed by atoms with Crippen LogP contribution in [-0.4, -0.2) is 28.9 Å². The highest BCUT2D eigenvalue weighted by Crippen LogP contribution is 2.36. The van der Waals surface area contributed by atoms with Crippen molar-refractivity contribution < 1.29 is 14.3 Å². The topological polar surface area (TPSA) is 71.5 Å². The summed E-state index contributed by atoms with van der Waals surface area (Å²) in [5, 5.41) is 2.87. The zero-order valence-electron chi connectivity index (χ0n) is 16.2. The van der Waals surface area contributed by atoms with Crippen LogP contribution in [0.25, 0.3) is 0 Å². The molecule has 27 heavy (non-hydrogen) atoms. The first kappa shape index (κ1) is 18.9. The molecule has 6 heteroatoms. The molecule has 0 fully saturated rings. The second-order valence-corrected chi connectivity index (χ2v) is 7.04. The summed E-state index contributed by atoms with van der Waals surface area (Å²) < 4.78 is 5.88. The summed E-state index contributed by atoms with van der Waals surface area (Å²) in [6, 6.07) is 9.26. The Labute approximate surface area is 159 Å². The highest BCUT2D eigenvalue weighted by molar-refractivity contribution is 6.19. The predicted molar refractivity (Wildman–Crippen MR) is 105 cm³/mol. The third-order valence-electron chi connectivity index (χ3n) is 4.78. The van der Waals surface area contributed by atoms with Gasteiger partial charge in [-0.05, 0) is 56.5 Å². The molecule has 0 spiro atoms. The summed E-state index contributed by atoms with van der Waals surface area (Å²) in [5.74, 6) is 0.0157. The fourth-order valence-electron chi connectivity index (χ4n) is 3.06. The zero-order chi connectivity index (χ0) is 19.6. The molecule has 0 saturated heterocycles. The summed E-state index contributed by atoms with van der Waals surface area (Å²) in [7, 11) is 0. The van der Waals surface area contributed by atoms with Crippen molar-refractivity contribution in [3.05, 3.63) is 47.7 Å². The third kappa shape index (κ3) is 3.52. The SMILES string of the molecule is CCCCN1C(=O)C(C)(C(=O)Nc2cc(C)ccc2C)Oc2cccnc21. The number of fused-ring (bicyclic) bond motifs is 1. The minimum atomic E-state index is -1.65. The number of amides is 2. The average Bonchev–Trinajstić information content (AvgIpc) is 2.65. The Morgan fingerprint density at radius 2 is 2.07 bits per heavy atom. The number of nitrogens with one attached hydrogen (secondary N) is 1. The molecule has 0 aliphatic carbocycles. The molecule has 2 amide bonds. The minimum absolute atomic E-state index is 0.398. The quantitative estimate of drug-likeness (QED) is 0.820. The first-order valence-corrected chi connectivity index (χ1v) is 9.21. The van der Waals surface area contributed by atoms with Crippen LogP contribution in [0.5, 0.6) is 5.75 Å². The van der Waals surface area contributed by atoms with Crippen LogP contribution in [0, 0.1) is 13.8 Å². The van der Waals surface area contributed by atoms with E-state index in [1.165, 1.54) is 6.92 Å². The molecule has 1 aromatic carbocycles. The number of carbonyl (C=O) groups is 2. The summed E-state index contributed by atoms with van der Waals surface area (Å²) in [4.78, 5) is 32.1. The van der Waals surface area contributed by atoms with Gasteiger partial charge in [-0.3, -0.25) is 14.5 Å². The Morgan fingerprint density at radius 3 is 2.81 bits per heavy atom. The molecule has 0 radical (unpaired) electrons. The smallest absolute Gasteiger partial charge is 0.282 e. The molecule has 2 heterocycles. The first-order chi connectivity index (χ1) is 12.9. The molecule has 1 aromatic heterocycles. The van der Waals surface area contributed by atoms with Gasteiger partial charge in [0.1, 0.15) is 0 Å². The number of pyridine rings is 1. The van der Waals surface area contributed by atoms with E-state index in [0.29, 0.717) is 23.8 Å². The molecule has 142 valence electrons. The molecule has 1 aliphatic rings. The molecule has 1 N–H and O–H groups in total. The van der Waals surface area contributed by atoms with E-state index >= 15 is 0 Å². The van der Waals surface area contributed by atoms with Gasteiger partial charge >= 0.3 is 0 Å². The highest BCUT2D eigenvalue weighted by Gasteiger charge is 2.51. The van der Waals surface area contributed by atoms with Crippen LogP contribution in [0.4, 0.5) is 11.5 Å². The van der Waals surface area contributed by atoms with Crippen molar-refractivity contribution >= 4 is 23.3 Å². The van der Waals surface area contributed by atoms with Gasteiger partial charge in [-0.2, -0.15) is 0 Å². The maximum Gasteiger partial charge on any atom is 0.282 e. The van der Waals surface area contributed by atoms with Gasteiger partial charge in [-0.25, -0.2) is 4.98 Å². The number of carbonyl (C=O) groups excluding carboxylic acids is 2. The van der Waals surface area contributed by atoms with Crippen LogP contribution < -0.4 is 15.0 Å². The Hall–Kier alpha value is -2.89. The largest absolute Gasteiger partial charge is 0.464 e. The van der Waals surface area contributed by atoms with Crippen molar-refractivity contribution in [1.82, 2.24) is 4.98 Å². The van der Waals surface area contributed by atoms with E-state index < -0.39 is 17.4 Å². The second kappa shape index (κ2) is 7.39. The fraction of sp³-hybridized carbons (Fsp3) is 0.381. The van der Waals surface area contributed by atoms with E-state index in [1.54, 1.807) is 23.2 Å². The van der Waals surface area contributed by atoms with Gasteiger partial charge in [0, 0.05) is 18.4 Å². The van der Waals surface area contributed by atoms with E-state index in [4.69, 9.17) is 4.74 Å². The molecule has 3 rings (SSSR count). The molecule has 0 bridgehead atoms. The Kier molecular flexibility index (Phi) is 5.17. The van der Waals surface area contributed by atoms with Crippen LogP contribution in [0.3, 0.4) is 0 Å². The van der Waals surface area contributed by atoms with E-state index in [-0.39, 0.29) is 0 Å². The van der Waals surface area contributed by atoms with Crippen molar-refractivity contribution in [1.29, 1.82) is 0 Å². The monoisotopic (exact) mass is 367 g/mol. The fourth-order valence-corrected chi connectivity index (χ4v) is 3.06. The van der Waals surface area contributed by atoms with Gasteiger partial charge in [0.2, 0.25) is 0 Å². The number of aryl methyl sites for hydroxylation is 2. The second-order valence-electron chi connectivity index (χ2n) is 7.04. The molecule has 1 aliphatic heterocycles. The Morgan fingerprint density at radius 1 is 1.30 bits per heavy atom. The molecule has 6 nitrogen and oxygen atoms in total. The number of rotatable bonds is 5. The first-order valence-electron chi connectivity index (χ1n) is 9.21. The van der Waals surface area contributed by atoms with Crippen LogP contribution in [0.2, 0.25) is 0 Å². The van der Waals surface area contributed by atoms with Gasteiger partial charge in [-0.1, -0.05) is 25.5 Å². The lowest BCUT2D eigenvalue weighted by Gasteiger charge is -2.38. The lowest BCUT2D eigenvalue weighted by Crippen LogP contribution is -2.61. The number of hydrogen-bond donors (Lipinski definition) is 1. The minimum Gasteiger partial charge on any atom is -0.464 e. The number of ether oxygens (including phenoxy) is 1. The molecule has 1 atom stereocenters. The summed E-state index contributed by atoms with van der Waals surface area (Å²) >= 11 is 0. The van der Waals surface area contributed by atoms with Crippen molar-refractivity contribution in [3.8, 4) is 5.75 Å². The van der Waals surface area contributed by atoms with E-state index in [1.807, 2.05) is 32.0 Å². The number of hydrogen-bond acceptors (Lipinski definition) is 4. The number of benzene rings is 1. The molecule has 1 unspecified atom stereocenters. The van der Waals surface area contributed by atoms with Crippen molar-refractivity contribution in [2.24, 2.45) is 0 Å². The molecule has 2 aromatic rings. The van der Waals surface area contributed by atoms with Gasteiger partial charge in [0.05, 0.1) is 0 Å². The number of unbranched alkanes of at least 4 members (excludes halogenated alkanes) is 1. The highest BCUT2D eigenvalue weighted by atomic mass is 16.5. The molecular formula is C21H25N3O3. The normalized spacial score (nSPS) is 18.7. The van der Waals surface area contributed by atoms with Crippen LogP contribution >= 0.6 is 0 Å². The van der Waals surface area contributed by atoms with Crippen molar-refractivity contribution in [3.63, 3.8) is 0 Å². The van der Waals surface area contributed by atoms with Crippen molar-refractivity contribution in [2.75, 3.05) is 16.8 Å². The standard InChI is InChI=1S/C21H25N3O3/c1-5-6-12-24-18-17(8-7-11-22-18)27-21(4,20(24)26)19(25)23-16-13-14(2)9-10-15(16)3/h7-11,13H,5-6,12H2,1-4H3,(H,23,25). The summed E-state index contributed by atoms with van der Waals surface area (Å²) in [6.07, 6.45) is 3.36. The van der Waals surface area contributed by atoms with Crippen LogP contribution in [0.15, 0.2) is 36.5 Å². The lowest BCUT2D eigenvalue weighted by molar-refractivity contribution is -0.145. The number of aromatic nitrogens is 1. The van der Waals surface area contributed by atoms with Crippen LogP contribution in [0.1, 0.15) is 37.8 Å². The predicted octanol–water partition coefficient (Wildman–Crippen LogP) is 3.62. The van der Waals surface area contributed by atoms with Gasteiger partial charge < -0.3 is 10.1 Å². The maximum atomic E-state index is 13.2. The zero-order valence-corrected chi connectivity index (χ0v) is 16.2. The average molecular weight is 367 g/mol. The van der Waals surface area contributed by atoms with E-state index in [0.717, 1.165) is 24.0 Å². The van der Waals surface area contributed by atoms with Gasteiger partial charge in [0.25, 0.3) is 17.4 Å². The van der Waals surface area contributed by atoms with E-state index in [9.17, 15) is 9.59 Å². The van der Waals surface area contributed by atoms with Gasteiger partial charge in [-0.15, -0.1) is 0 Å². The molecular weight excluding hydrogens is 342 g/mol. The molecule has 0 saturated carbocycles. The van der Waals surface area contributed by atoms with Crippen LogP contribution in [-0.2, 0) is 9.59 Å². The van der Waals surface area contributed by atoms with E-state index in [2.05, 4.69) is 17.2 Å². The summed E-state index contributed by atoms with van der Waals surface area (Å²) in [5.41, 5.74) is 0.969.